The number of piperidine rings is 1. The molecule has 6 nitrogen and oxygen atoms in total. The second kappa shape index (κ2) is 9.11. The fourth-order valence-corrected chi connectivity index (χ4v) is 4.06. The molecule has 3 rings (SSSR count). The lowest BCUT2D eigenvalue weighted by Crippen LogP contribution is -2.45. The molecule has 1 saturated carbocycles. The van der Waals surface area contributed by atoms with Crippen molar-refractivity contribution in [1.82, 2.24) is 10.2 Å². The minimum atomic E-state index is -0.0258. The molecule has 0 unspecified atom stereocenters. The molecule has 2 amide bonds. The maximum atomic E-state index is 12.8. The first-order valence-corrected chi connectivity index (χ1v) is 9.94. The first-order valence-electron chi connectivity index (χ1n) is 9.94. The lowest BCUT2D eigenvalue weighted by molar-refractivity contribution is -0.127. The molecular weight excluding hydrogens is 344 g/mol. The van der Waals surface area contributed by atoms with Gasteiger partial charge in [-0.3, -0.25) is 9.59 Å². The Balaban J connectivity index is 1.53. The first kappa shape index (κ1) is 19.5. The van der Waals surface area contributed by atoms with Crippen LogP contribution in [0.5, 0.6) is 11.5 Å². The van der Waals surface area contributed by atoms with E-state index in [0.717, 1.165) is 25.7 Å². The number of amides is 2. The second-order valence-corrected chi connectivity index (χ2v) is 7.48. The topological polar surface area (TPSA) is 67.9 Å². The highest BCUT2D eigenvalue weighted by molar-refractivity contribution is 5.95. The van der Waals surface area contributed by atoms with E-state index < -0.39 is 0 Å². The third-order valence-electron chi connectivity index (χ3n) is 5.74. The number of benzene rings is 1. The van der Waals surface area contributed by atoms with Crippen LogP contribution in [0.4, 0.5) is 0 Å². The summed E-state index contributed by atoms with van der Waals surface area (Å²) in [7, 11) is 3.13. The summed E-state index contributed by atoms with van der Waals surface area (Å²) >= 11 is 0. The Hall–Kier alpha value is -2.24. The minimum Gasteiger partial charge on any atom is -0.493 e. The van der Waals surface area contributed by atoms with Crippen molar-refractivity contribution in [2.45, 2.75) is 51.0 Å². The van der Waals surface area contributed by atoms with E-state index in [1.54, 1.807) is 32.4 Å². The third-order valence-corrected chi connectivity index (χ3v) is 5.74. The van der Waals surface area contributed by atoms with Gasteiger partial charge in [-0.25, -0.2) is 0 Å². The molecule has 1 saturated heterocycles. The third kappa shape index (κ3) is 4.73. The number of likely N-dealkylation sites (tertiary alicyclic amines) is 1. The zero-order chi connectivity index (χ0) is 19.2. The fraction of sp³-hybridized carbons (Fsp3) is 0.619. The number of nitrogens with one attached hydrogen (secondary N) is 1. The van der Waals surface area contributed by atoms with Gasteiger partial charge < -0.3 is 19.7 Å². The Morgan fingerprint density at radius 1 is 0.963 bits per heavy atom. The van der Waals surface area contributed by atoms with Gasteiger partial charge in [0.25, 0.3) is 5.91 Å². The highest BCUT2D eigenvalue weighted by Crippen LogP contribution is 2.29. The molecule has 0 atom stereocenters. The monoisotopic (exact) mass is 374 g/mol. The zero-order valence-corrected chi connectivity index (χ0v) is 16.3. The minimum absolute atomic E-state index is 0.0152. The molecular formula is C21H30N2O4. The SMILES string of the molecule is COc1ccc(C(=O)N2CCC(C(=O)NC3CCCCC3)CC2)cc1OC. The summed E-state index contributed by atoms with van der Waals surface area (Å²) in [6, 6.07) is 5.56. The van der Waals surface area contributed by atoms with E-state index in [1.165, 1.54) is 19.3 Å². The number of ether oxygens (including phenoxy) is 2. The molecule has 1 heterocycles. The van der Waals surface area contributed by atoms with Gasteiger partial charge in [-0.2, -0.15) is 0 Å². The van der Waals surface area contributed by atoms with Crippen molar-refractivity contribution >= 4 is 11.8 Å². The van der Waals surface area contributed by atoms with Crippen molar-refractivity contribution in [1.29, 1.82) is 0 Å². The van der Waals surface area contributed by atoms with Crippen LogP contribution in [-0.4, -0.2) is 50.1 Å². The standard InChI is InChI=1S/C21H30N2O4/c1-26-18-9-8-16(14-19(18)27-2)21(25)23-12-10-15(11-13-23)20(24)22-17-6-4-3-5-7-17/h8-9,14-15,17H,3-7,10-13H2,1-2H3,(H,22,24). The zero-order valence-electron chi connectivity index (χ0n) is 16.3. The van der Waals surface area contributed by atoms with Crippen molar-refractivity contribution < 1.29 is 19.1 Å². The van der Waals surface area contributed by atoms with Crippen LogP contribution < -0.4 is 14.8 Å². The predicted octanol–water partition coefficient (Wildman–Crippen LogP) is 3.00. The molecule has 0 bridgehead atoms. The number of carbonyl (C=O) groups excluding carboxylic acids is 2. The highest BCUT2D eigenvalue weighted by Gasteiger charge is 2.29. The Kier molecular flexibility index (Phi) is 6.58. The average Bonchev–Trinajstić information content (AvgIpc) is 2.73. The Labute approximate surface area is 161 Å². The van der Waals surface area contributed by atoms with E-state index in [0.29, 0.717) is 36.2 Å². The number of hydrogen-bond acceptors (Lipinski definition) is 4. The summed E-state index contributed by atoms with van der Waals surface area (Å²) < 4.78 is 10.5. The number of methoxy groups -OCH3 is 2. The summed E-state index contributed by atoms with van der Waals surface area (Å²) in [5.74, 6) is 1.31. The van der Waals surface area contributed by atoms with Crippen LogP contribution in [0.3, 0.4) is 0 Å². The van der Waals surface area contributed by atoms with Crippen LogP contribution in [0.2, 0.25) is 0 Å². The Bertz CT molecular complexity index is 662. The van der Waals surface area contributed by atoms with Gasteiger partial charge in [0.15, 0.2) is 11.5 Å². The van der Waals surface area contributed by atoms with E-state index in [9.17, 15) is 9.59 Å². The maximum Gasteiger partial charge on any atom is 0.253 e. The van der Waals surface area contributed by atoms with Crippen molar-refractivity contribution in [3.63, 3.8) is 0 Å². The van der Waals surface area contributed by atoms with Gasteiger partial charge in [-0.05, 0) is 43.9 Å². The fourth-order valence-electron chi connectivity index (χ4n) is 4.06. The smallest absolute Gasteiger partial charge is 0.253 e. The molecule has 1 aliphatic carbocycles. The van der Waals surface area contributed by atoms with E-state index >= 15 is 0 Å². The van der Waals surface area contributed by atoms with E-state index in [1.807, 2.05) is 4.90 Å². The molecule has 27 heavy (non-hydrogen) atoms. The molecule has 0 spiro atoms. The van der Waals surface area contributed by atoms with Gasteiger partial charge in [0, 0.05) is 30.6 Å². The van der Waals surface area contributed by atoms with E-state index in [4.69, 9.17) is 9.47 Å². The van der Waals surface area contributed by atoms with Crippen molar-refractivity contribution in [3.05, 3.63) is 23.8 Å². The van der Waals surface area contributed by atoms with Crippen molar-refractivity contribution in [2.24, 2.45) is 5.92 Å². The number of hydrogen-bond donors (Lipinski definition) is 1. The summed E-state index contributed by atoms with van der Waals surface area (Å²) in [6.45, 7) is 1.21. The van der Waals surface area contributed by atoms with Gasteiger partial charge in [0.1, 0.15) is 0 Å². The first-order chi connectivity index (χ1) is 13.1. The van der Waals surface area contributed by atoms with Crippen LogP contribution >= 0.6 is 0 Å². The molecule has 0 aromatic heterocycles. The molecule has 1 aromatic carbocycles. The summed E-state index contributed by atoms with van der Waals surface area (Å²) in [5, 5.41) is 3.22. The number of nitrogens with zero attached hydrogens (tertiary/aromatic N) is 1. The summed E-state index contributed by atoms with van der Waals surface area (Å²) in [5.41, 5.74) is 0.581. The molecule has 1 aliphatic heterocycles. The van der Waals surface area contributed by atoms with Crippen LogP contribution in [0.25, 0.3) is 0 Å². The highest BCUT2D eigenvalue weighted by atomic mass is 16.5. The Morgan fingerprint density at radius 3 is 2.26 bits per heavy atom. The number of rotatable bonds is 5. The van der Waals surface area contributed by atoms with Gasteiger partial charge in [-0.15, -0.1) is 0 Å². The van der Waals surface area contributed by atoms with Gasteiger partial charge in [-0.1, -0.05) is 19.3 Å². The molecule has 148 valence electrons. The van der Waals surface area contributed by atoms with E-state index in [2.05, 4.69) is 5.32 Å². The van der Waals surface area contributed by atoms with E-state index in [-0.39, 0.29) is 17.7 Å². The quantitative estimate of drug-likeness (QED) is 0.860. The van der Waals surface area contributed by atoms with Crippen LogP contribution in [0.1, 0.15) is 55.3 Å². The molecule has 1 aromatic rings. The van der Waals surface area contributed by atoms with Gasteiger partial charge >= 0.3 is 0 Å². The van der Waals surface area contributed by atoms with Gasteiger partial charge in [0.2, 0.25) is 5.91 Å². The van der Waals surface area contributed by atoms with Crippen LogP contribution in [0.15, 0.2) is 18.2 Å². The summed E-state index contributed by atoms with van der Waals surface area (Å²) in [6.07, 6.45) is 7.34. The molecule has 2 fully saturated rings. The lowest BCUT2D eigenvalue weighted by Gasteiger charge is -2.33. The van der Waals surface area contributed by atoms with Crippen LogP contribution in [-0.2, 0) is 4.79 Å². The lowest BCUT2D eigenvalue weighted by atomic mass is 9.92. The van der Waals surface area contributed by atoms with Crippen molar-refractivity contribution in [2.75, 3.05) is 27.3 Å². The predicted molar refractivity (Wildman–Crippen MR) is 103 cm³/mol. The average molecular weight is 374 g/mol. The van der Waals surface area contributed by atoms with Crippen molar-refractivity contribution in [3.8, 4) is 11.5 Å². The van der Waals surface area contributed by atoms with Crippen LogP contribution in [0, 0.1) is 5.92 Å². The largest absolute Gasteiger partial charge is 0.493 e. The molecule has 1 N–H and O–H groups in total. The molecule has 6 heteroatoms. The molecule has 2 aliphatic rings. The number of carbonyl (C=O) groups is 2. The second-order valence-electron chi connectivity index (χ2n) is 7.48. The maximum absolute atomic E-state index is 12.8. The molecule has 0 radical (unpaired) electrons. The van der Waals surface area contributed by atoms with Gasteiger partial charge in [0.05, 0.1) is 14.2 Å². The normalized spacial score (nSPS) is 18.8. The summed E-state index contributed by atoms with van der Waals surface area (Å²) in [4.78, 5) is 27.1. The Morgan fingerprint density at radius 2 is 1.63 bits per heavy atom.